The van der Waals surface area contributed by atoms with E-state index in [1.165, 1.54) is 13.0 Å². The Morgan fingerprint density at radius 1 is 1.10 bits per heavy atom. The van der Waals surface area contributed by atoms with E-state index in [4.69, 9.17) is 0 Å². The molecule has 0 aliphatic heterocycles. The average Bonchev–Trinajstić information content (AvgIpc) is 2.38. The summed E-state index contributed by atoms with van der Waals surface area (Å²) >= 11 is 3.09. The lowest BCUT2D eigenvalue weighted by atomic mass is 10.1. The van der Waals surface area contributed by atoms with E-state index in [1.807, 2.05) is 0 Å². The summed E-state index contributed by atoms with van der Waals surface area (Å²) in [5.74, 6) is -0.167. The first kappa shape index (κ1) is 15.7. The van der Waals surface area contributed by atoms with Crippen molar-refractivity contribution in [3.05, 3.63) is 46.9 Å². The molecule has 0 bridgehead atoms. The lowest BCUT2D eigenvalue weighted by molar-refractivity contribution is -0.114. The molecule has 21 heavy (non-hydrogen) atoms. The summed E-state index contributed by atoms with van der Waals surface area (Å²) in [5.41, 5.74) is 2.06. The third-order valence-corrected chi connectivity index (χ3v) is 4.60. The molecule has 7 heteroatoms. The van der Waals surface area contributed by atoms with Gasteiger partial charge in [0.2, 0.25) is 5.91 Å². The normalized spacial score (nSPS) is 11.2. The second-order valence-electron chi connectivity index (χ2n) is 4.38. The fourth-order valence-corrected chi connectivity index (χ4v) is 3.28. The van der Waals surface area contributed by atoms with E-state index >= 15 is 0 Å². The standard InChI is InChI=1S/C14H12BrNO4S/c1-9(17)16-12-5-2-10(3-6-12)11-4-7-13(15)14(8-11)21(18,19)20/h2-8H,1H3,(H,16,17)(H,18,19,20). The number of benzene rings is 2. The zero-order valence-corrected chi connectivity index (χ0v) is 13.4. The highest BCUT2D eigenvalue weighted by Gasteiger charge is 2.15. The first-order chi connectivity index (χ1) is 9.77. The quantitative estimate of drug-likeness (QED) is 0.812. The van der Waals surface area contributed by atoms with Gasteiger partial charge in [-0.2, -0.15) is 8.42 Å². The van der Waals surface area contributed by atoms with Crippen LogP contribution in [0.15, 0.2) is 51.8 Å². The molecule has 0 aromatic heterocycles. The van der Waals surface area contributed by atoms with Gasteiger partial charge in [0.1, 0.15) is 4.90 Å². The van der Waals surface area contributed by atoms with Crippen molar-refractivity contribution in [2.75, 3.05) is 5.32 Å². The SMILES string of the molecule is CC(=O)Nc1ccc(-c2ccc(Br)c(S(=O)(=O)O)c2)cc1. The van der Waals surface area contributed by atoms with Crippen LogP contribution < -0.4 is 5.32 Å². The largest absolute Gasteiger partial charge is 0.326 e. The number of nitrogens with one attached hydrogen (secondary N) is 1. The van der Waals surface area contributed by atoms with Gasteiger partial charge in [0.05, 0.1) is 0 Å². The highest BCUT2D eigenvalue weighted by Crippen LogP contribution is 2.29. The second-order valence-corrected chi connectivity index (χ2v) is 6.62. The Morgan fingerprint density at radius 3 is 2.19 bits per heavy atom. The van der Waals surface area contributed by atoms with E-state index in [-0.39, 0.29) is 10.8 Å². The van der Waals surface area contributed by atoms with Crippen molar-refractivity contribution in [3.8, 4) is 11.1 Å². The summed E-state index contributed by atoms with van der Waals surface area (Å²) < 4.78 is 32.1. The summed E-state index contributed by atoms with van der Waals surface area (Å²) in [5, 5.41) is 2.65. The Hall–Kier alpha value is -1.70. The number of anilines is 1. The van der Waals surface area contributed by atoms with Crippen LogP contribution in [0.3, 0.4) is 0 Å². The average molecular weight is 370 g/mol. The number of amides is 1. The van der Waals surface area contributed by atoms with E-state index in [1.54, 1.807) is 36.4 Å². The maximum absolute atomic E-state index is 11.3. The van der Waals surface area contributed by atoms with E-state index in [0.717, 1.165) is 5.56 Å². The molecule has 0 heterocycles. The predicted molar refractivity (Wildman–Crippen MR) is 83.7 cm³/mol. The van der Waals surface area contributed by atoms with Crippen LogP contribution in [0, 0.1) is 0 Å². The van der Waals surface area contributed by atoms with E-state index < -0.39 is 10.1 Å². The van der Waals surface area contributed by atoms with Crippen LogP contribution in [-0.4, -0.2) is 18.9 Å². The van der Waals surface area contributed by atoms with Gasteiger partial charge in [0.25, 0.3) is 10.1 Å². The van der Waals surface area contributed by atoms with Crippen LogP contribution in [0.4, 0.5) is 5.69 Å². The van der Waals surface area contributed by atoms with Crippen molar-refractivity contribution in [2.24, 2.45) is 0 Å². The predicted octanol–water partition coefficient (Wildman–Crippen LogP) is 3.32. The molecule has 2 aromatic rings. The van der Waals surface area contributed by atoms with Gasteiger partial charge in [-0.15, -0.1) is 0 Å². The van der Waals surface area contributed by atoms with Gasteiger partial charge in [-0.1, -0.05) is 18.2 Å². The van der Waals surface area contributed by atoms with Crippen molar-refractivity contribution in [1.82, 2.24) is 0 Å². The van der Waals surface area contributed by atoms with Crippen LogP contribution in [0.1, 0.15) is 6.92 Å². The third-order valence-electron chi connectivity index (χ3n) is 2.75. The van der Waals surface area contributed by atoms with E-state index in [0.29, 0.717) is 15.7 Å². The van der Waals surface area contributed by atoms with Gasteiger partial charge in [-0.3, -0.25) is 9.35 Å². The Balaban J connectivity index is 2.41. The van der Waals surface area contributed by atoms with E-state index in [2.05, 4.69) is 21.2 Å². The van der Waals surface area contributed by atoms with Gasteiger partial charge >= 0.3 is 0 Å². The Labute approximate surface area is 130 Å². The summed E-state index contributed by atoms with van der Waals surface area (Å²) in [6, 6.07) is 11.6. The van der Waals surface area contributed by atoms with Crippen LogP contribution in [0.25, 0.3) is 11.1 Å². The molecular formula is C14H12BrNO4S. The zero-order valence-electron chi connectivity index (χ0n) is 11.0. The minimum absolute atomic E-state index is 0.167. The molecule has 2 N–H and O–H groups in total. The molecular weight excluding hydrogens is 358 g/mol. The Bertz CT molecular complexity index is 785. The molecule has 5 nitrogen and oxygen atoms in total. The summed E-state index contributed by atoms with van der Waals surface area (Å²) in [7, 11) is -4.29. The van der Waals surface area contributed by atoms with Gasteiger partial charge in [-0.05, 0) is 51.3 Å². The number of rotatable bonds is 3. The first-order valence-electron chi connectivity index (χ1n) is 5.92. The molecule has 0 fully saturated rings. The molecule has 0 spiro atoms. The van der Waals surface area contributed by atoms with Gasteiger partial charge < -0.3 is 5.32 Å². The topological polar surface area (TPSA) is 83.5 Å². The summed E-state index contributed by atoms with van der Waals surface area (Å²) in [6.07, 6.45) is 0. The minimum Gasteiger partial charge on any atom is -0.326 e. The van der Waals surface area contributed by atoms with Crippen molar-refractivity contribution in [2.45, 2.75) is 11.8 Å². The number of hydrogen-bond donors (Lipinski definition) is 2. The van der Waals surface area contributed by atoms with Crippen molar-refractivity contribution in [3.63, 3.8) is 0 Å². The van der Waals surface area contributed by atoms with Crippen molar-refractivity contribution >= 4 is 37.6 Å². The first-order valence-corrected chi connectivity index (χ1v) is 8.16. The molecule has 0 atom stereocenters. The number of hydrogen-bond acceptors (Lipinski definition) is 3. The smallest absolute Gasteiger partial charge is 0.295 e. The van der Waals surface area contributed by atoms with Crippen molar-refractivity contribution in [1.29, 1.82) is 0 Å². The van der Waals surface area contributed by atoms with Gasteiger partial charge in [-0.25, -0.2) is 0 Å². The van der Waals surface area contributed by atoms with E-state index in [9.17, 15) is 17.8 Å². The molecule has 0 saturated carbocycles. The number of carbonyl (C=O) groups excluding carboxylic acids is 1. The summed E-state index contributed by atoms with van der Waals surface area (Å²) in [6.45, 7) is 1.42. The number of carbonyl (C=O) groups is 1. The lowest BCUT2D eigenvalue weighted by Crippen LogP contribution is -2.05. The third kappa shape index (κ3) is 3.90. The monoisotopic (exact) mass is 369 g/mol. The highest BCUT2D eigenvalue weighted by atomic mass is 79.9. The zero-order chi connectivity index (χ0) is 15.6. The van der Waals surface area contributed by atoms with Gasteiger partial charge in [0, 0.05) is 17.1 Å². The fraction of sp³-hybridized carbons (Fsp3) is 0.0714. The van der Waals surface area contributed by atoms with Crippen molar-refractivity contribution < 1.29 is 17.8 Å². The molecule has 1 amide bonds. The fourth-order valence-electron chi connectivity index (χ4n) is 1.83. The molecule has 0 aliphatic rings. The highest BCUT2D eigenvalue weighted by molar-refractivity contribution is 9.10. The molecule has 0 unspecified atom stereocenters. The molecule has 110 valence electrons. The maximum Gasteiger partial charge on any atom is 0.295 e. The lowest BCUT2D eigenvalue weighted by Gasteiger charge is -2.07. The van der Waals surface area contributed by atoms with Crippen LogP contribution in [0.2, 0.25) is 0 Å². The Kier molecular flexibility index (Phi) is 4.46. The molecule has 0 radical (unpaired) electrons. The molecule has 0 saturated heterocycles. The van der Waals surface area contributed by atoms with Crippen LogP contribution in [0.5, 0.6) is 0 Å². The molecule has 2 aromatic carbocycles. The maximum atomic E-state index is 11.3. The number of halogens is 1. The van der Waals surface area contributed by atoms with Crippen LogP contribution >= 0.6 is 15.9 Å². The summed E-state index contributed by atoms with van der Waals surface area (Å²) in [4.78, 5) is 10.8. The molecule has 2 rings (SSSR count). The minimum atomic E-state index is -4.29. The van der Waals surface area contributed by atoms with Gasteiger partial charge in [0.15, 0.2) is 0 Å². The molecule has 0 aliphatic carbocycles. The van der Waals surface area contributed by atoms with Crippen LogP contribution in [-0.2, 0) is 14.9 Å². The Morgan fingerprint density at radius 2 is 1.67 bits per heavy atom. The second kappa shape index (κ2) is 5.97.